The summed E-state index contributed by atoms with van der Waals surface area (Å²) >= 11 is 1.62. The Morgan fingerprint density at radius 2 is 2.08 bits per heavy atom. The molecule has 0 spiro atoms. The predicted octanol–water partition coefficient (Wildman–Crippen LogP) is 1.68. The fourth-order valence-corrected chi connectivity index (χ4v) is 4.21. The van der Waals surface area contributed by atoms with E-state index in [1.165, 1.54) is 12.8 Å². The van der Waals surface area contributed by atoms with Gasteiger partial charge in [0.15, 0.2) is 0 Å². The van der Waals surface area contributed by atoms with Crippen molar-refractivity contribution >= 4 is 29.4 Å². The van der Waals surface area contributed by atoms with E-state index in [1.807, 2.05) is 19.1 Å². The molecule has 0 saturated carbocycles. The molecule has 0 aliphatic carbocycles. The zero-order valence-electron chi connectivity index (χ0n) is 14.3. The smallest absolute Gasteiger partial charge is 0.256 e. The third-order valence-electron chi connectivity index (χ3n) is 4.70. The van der Waals surface area contributed by atoms with Crippen molar-refractivity contribution in [2.24, 2.45) is 0 Å². The minimum atomic E-state index is -0.370. The lowest BCUT2D eigenvalue weighted by molar-refractivity contribution is -0.133. The molecular formula is C17H24N4O2S. The number of amides is 2. The summed E-state index contributed by atoms with van der Waals surface area (Å²) in [7, 11) is 1.78. The third kappa shape index (κ3) is 3.36. The minimum absolute atomic E-state index is 0.0116. The summed E-state index contributed by atoms with van der Waals surface area (Å²) in [6.45, 7) is 4.65. The van der Waals surface area contributed by atoms with Gasteiger partial charge in [-0.1, -0.05) is 0 Å². The first-order chi connectivity index (χ1) is 11.6. The lowest BCUT2D eigenvalue weighted by Crippen LogP contribution is -2.47. The second-order valence-corrected chi connectivity index (χ2v) is 7.24. The zero-order chi connectivity index (χ0) is 17.1. The van der Waals surface area contributed by atoms with E-state index in [0.29, 0.717) is 23.7 Å². The van der Waals surface area contributed by atoms with Crippen LogP contribution in [-0.2, 0) is 4.79 Å². The largest absolute Gasteiger partial charge is 0.357 e. The van der Waals surface area contributed by atoms with Crippen molar-refractivity contribution in [3.63, 3.8) is 0 Å². The second kappa shape index (κ2) is 7.42. The lowest BCUT2D eigenvalue weighted by atomic mass is 10.2. The van der Waals surface area contributed by atoms with Crippen molar-refractivity contribution < 1.29 is 9.59 Å². The van der Waals surface area contributed by atoms with Crippen molar-refractivity contribution in [2.45, 2.75) is 25.8 Å². The summed E-state index contributed by atoms with van der Waals surface area (Å²) in [5, 5.41) is 0. The molecule has 2 amide bonds. The first kappa shape index (κ1) is 17.1. The number of hydrogen-bond donors (Lipinski definition) is 0. The standard InChI is InChI=1S/C17H24N4O2S/c1-3-19(2)17(23)14-11-24-12-21(14)16(22)13-6-7-15(18-10-13)20-8-4-5-9-20/h6-7,10,14H,3-5,8-9,11-12H2,1-2H3/t14-/m0/s1. The molecule has 2 aliphatic rings. The quantitative estimate of drug-likeness (QED) is 0.829. The molecule has 7 heteroatoms. The van der Waals surface area contributed by atoms with E-state index in [9.17, 15) is 9.59 Å². The molecule has 6 nitrogen and oxygen atoms in total. The number of carbonyl (C=O) groups excluding carboxylic acids is 2. The topological polar surface area (TPSA) is 56.8 Å². The molecule has 0 unspecified atom stereocenters. The van der Waals surface area contributed by atoms with Crippen molar-refractivity contribution in [2.75, 3.05) is 43.2 Å². The van der Waals surface area contributed by atoms with Gasteiger partial charge in [0, 0.05) is 38.6 Å². The summed E-state index contributed by atoms with van der Waals surface area (Å²) in [6, 6.07) is 3.37. The fourth-order valence-electron chi connectivity index (χ4n) is 3.07. The number of likely N-dealkylation sites (N-methyl/N-ethyl adjacent to an activating group) is 1. The van der Waals surface area contributed by atoms with Crippen LogP contribution < -0.4 is 4.90 Å². The molecule has 3 rings (SSSR count). The second-order valence-electron chi connectivity index (χ2n) is 6.24. The van der Waals surface area contributed by atoms with Crippen LogP contribution in [0.5, 0.6) is 0 Å². The molecule has 0 bridgehead atoms. The molecule has 0 N–H and O–H groups in total. The van der Waals surface area contributed by atoms with Crippen LogP contribution in [0.4, 0.5) is 5.82 Å². The van der Waals surface area contributed by atoms with E-state index in [0.717, 1.165) is 18.9 Å². The Bertz CT molecular complexity index is 601. The molecule has 2 aliphatic heterocycles. The van der Waals surface area contributed by atoms with Crippen LogP contribution in [0.3, 0.4) is 0 Å². The number of rotatable bonds is 4. The van der Waals surface area contributed by atoms with Crippen molar-refractivity contribution in [3.05, 3.63) is 23.9 Å². The van der Waals surface area contributed by atoms with E-state index in [1.54, 1.807) is 34.8 Å². The lowest BCUT2D eigenvalue weighted by Gasteiger charge is -2.26. The molecule has 1 atom stereocenters. The highest BCUT2D eigenvalue weighted by Gasteiger charge is 2.36. The Kier molecular flexibility index (Phi) is 5.28. The predicted molar refractivity (Wildman–Crippen MR) is 96.3 cm³/mol. The average molecular weight is 348 g/mol. The van der Waals surface area contributed by atoms with Crippen LogP contribution >= 0.6 is 11.8 Å². The van der Waals surface area contributed by atoms with E-state index in [-0.39, 0.29) is 17.9 Å². The maximum absolute atomic E-state index is 12.8. The van der Waals surface area contributed by atoms with Crippen LogP contribution in [0.2, 0.25) is 0 Å². The molecular weight excluding hydrogens is 324 g/mol. The Hall–Kier alpha value is -1.76. The summed E-state index contributed by atoms with van der Waals surface area (Å²) in [4.78, 5) is 35.3. The normalized spacial score (nSPS) is 20.5. The number of carbonyl (C=O) groups is 2. The molecule has 1 aromatic heterocycles. The van der Waals surface area contributed by atoms with E-state index in [2.05, 4.69) is 9.88 Å². The monoisotopic (exact) mass is 348 g/mol. The highest BCUT2D eigenvalue weighted by molar-refractivity contribution is 7.99. The maximum atomic E-state index is 12.8. The van der Waals surface area contributed by atoms with Gasteiger partial charge in [0.1, 0.15) is 11.9 Å². The molecule has 130 valence electrons. The number of aromatic nitrogens is 1. The molecule has 0 radical (unpaired) electrons. The van der Waals surface area contributed by atoms with Gasteiger partial charge >= 0.3 is 0 Å². The zero-order valence-corrected chi connectivity index (χ0v) is 15.1. The van der Waals surface area contributed by atoms with Gasteiger partial charge in [-0.25, -0.2) is 4.98 Å². The maximum Gasteiger partial charge on any atom is 0.256 e. The summed E-state index contributed by atoms with van der Waals surface area (Å²) in [6.07, 6.45) is 4.04. The highest BCUT2D eigenvalue weighted by Crippen LogP contribution is 2.25. The molecule has 1 aromatic rings. The molecule has 2 fully saturated rings. The van der Waals surface area contributed by atoms with Crippen molar-refractivity contribution in [1.29, 1.82) is 0 Å². The first-order valence-corrected chi connectivity index (χ1v) is 9.62. The van der Waals surface area contributed by atoms with Crippen LogP contribution in [0.25, 0.3) is 0 Å². The van der Waals surface area contributed by atoms with Gasteiger partial charge in [0.05, 0.1) is 11.4 Å². The van der Waals surface area contributed by atoms with Gasteiger partial charge < -0.3 is 14.7 Å². The van der Waals surface area contributed by atoms with E-state index in [4.69, 9.17) is 0 Å². The number of thioether (sulfide) groups is 1. The Balaban J connectivity index is 1.71. The number of nitrogens with zero attached hydrogens (tertiary/aromatic N) is 4. The number of anilines is 1. The van der Waals surface area contributed by atoms with E-state index >= 15 is 0 Å². The van der Waals surface area contributed by atoms with Gasteiger partial charge in [0.25, 0.3) is 5.91 Å². The average Bonchev–Trinajstić information content (AvgIpc) is 3.31. The van der Waals surface area contributed by atoms with Crippen LogP contribution in [0.15, 0.2) is 18.3 Å². The molecule has 0 aromatic carbocycles. The van der Waals surface area contributed by atoms with Gasteiger partial charge in [0.2, 0.25) is 5.91 Å². The first-order valence-electron chi connectivity index (χ1n) is 8.46. The van der Waals surface area contributed by atoms with Crippen LogP contribution in [0.1, 0.15) is 30.1 Å². The Morgan fingerprint density at radius 1 is 1.33 bits per heavy atom. The summed E-state index contributed by atoms with van der Waals surface area (Å²) in [5.41, 5.74) is 0.553. The van der Waals surface area contributed by atoms with Gasteiger partial charge in [-0.05, 0) is 31.9 Å². The Morgan fingerprint density at radius 3 is 2.71 bits per heavy atom. The fraction of sp³-hybridized carbons (Fsp3) is 0.588. The van der Waals surface area contributed by atoms with Gasteiger partial charge in [-0.3, -0.25) is 9.59 Å². The van der Waals surface area contributed by atoms with Crippen LogP contribution in [0, 0.1) is 0 Å². The van der Waals surface area contributed by atoms with Gasteiger partial charge in [-0.15, -0.1) is 11.8 Å². The highest BCUT2D eigenvalue weighted by atomic mass is 32.2. The number of pyridine rings is 1. The van der Waals surface area contributed by atoms with Gasteiger partial charge in [-0.2, -0.15) is 0 Å². The minimum Gasteiger partial charge on any atom is -0.357 e. The van der Waals surface area contributed by atoms with Crippen LogP contribution in [-0.4, -0.2) is 71.0 Å². The van der Waals surface area contributed by atoms with Crippen molar-refractivity contribution in [1.82, 2.24) is 14.8 Å². The molecule has 24 heavy (non-hydrogen) atoms. The van der Waals surface area contributed by atoms with Crippen molar-refractivity contribution in [3.8, 4) is 0 Å². The number of hydrogen-bond acceptors (Lipinski definition) is 5. The SMILES string of the molecule is CCN(C)C(=O)[C@@H]1CSCN1C(=O)c1ccc(N2CCCC2)nc1. The summed E-state index contributed by atoms with van der Waals surface area (Å²) in [5.74, 6) is 2.05. The molecule has 2 saturated heterocycles. The van der Waals surface area contributed by atoms with E-state index < -0.39 is 0 Å². The molecule has 3 heterocycles. The summed E-state index contributed by atoms with van der Waals surface area (Å²) < 4.78 is 0. The Labute approximate surface area is 147 Å². The third-order valence-corrected chi connectivity index (χ3v) is 5.72.